The fraction of sp³-hybridized carbons (Fsp3) is 0.174. The third kappa shape index (κ3) is 4.17. The molecule has 1 aliphatic heterocycles. The van der Waals surface area contributed by atoms with Crippen molar-refractivity contribution in [3.63, 3.8) is 0 Å². The van der Waals surface area contributed by atoms with Crippen molar-refractivity contribution in [2.75, 3.05) is 29.1 Å². The molecule has 0 saturated carbocycles. The summed E-state index contributed by atoms with van der Waals surface area (Å²) in [5, 5.41) is 3.45. The van der Waals surface area contributed by atoms with Gasteiger partial charge in [-0.1, -0.05) is 48.5 Å². The summed E-state index contributed by atoms with van der Waals surface area (Å²) in [5.74, 6) is -0.244. The molecular weight excluding hydrogens is 384 g/mol. The van der Waals surface area contributed by atoms with Crippen LogP contribution in [0.3, 0.4) is 0 Å². The first-order valence-corrected chi connectivity index (χ1v) is 11.1. The Bertz CT molecular complexity index is 1170. The summed E-state index contributed by atoms with van der Waals surface area (Å²) in [6.07, 6.45) is 1.59. The molecule has 0 spiro atoms. The molecule has 0 radical (unpaired) electrons. The Morgan fingerprint density at radius 1 is 0.931 bits per heavy atom. The molecular formula is C23H22N2O3S. The predicted octanol–water partition coefficient (Wildman–Crippen LogP) is 3.62. The zero-order valence-electron chi connectivity index (χ0n) is 16.1. The van der Waals surface area contributed by atoms with E-state index in [1.165, 1.54) is 5.41 Å². The molecule has 29 heavy (non-hydrogen) atoms. The van der Waals surface area contributed by atoms with Gasteiger partial charge in [0.25, 0.3) is 0 Å². The minimum absolute atomic E-state index is 0.0900. The average Bonchev–Trinajstić information content (AvgIpc) is 3.07. The highest BCUT2D eigenvalue weighted by molar-refractivity contribution is 7.94. The highest BCUT2D eigenvalue weighted by atomic mass is 32.2. The van der Waals surface area contributed by atoms with Crippen LogP contribution in [0, 0.1) is 0 Å². The number of sulfone groups is 1. The van der Waals surface area contributed by atoms with Gasteiger partial charge in [-0.3, -0.25) is 4.79 Å². The lowest BCUT2D eigenvalue weighted by atomic mass is 10.1. The minimum atomic E-state index is -3.28. The Morgan fingerprint density at radius 3 is 2.31 bits per heavy atom. The normalized spacial score (nSPS) is 17.3. The fourth-order valence-electron chi connectivity index (χ4n) is 3.61. The standard InChI is InChI=1S/C23H22N2O3S/c1-24(21-12-11-18-7-5-6-8-19(18)15-21)16-23(26)25(20-9-3-2-4-10-20)22-13-14-29(27,28)17-22/h2-15,22H,16-17H2,1H3/t22-/m1/s1. The van der Waals surface area contributed by atoms with E-state index in [0.29, 0.717) is 5.69 Å². The summed E-state index contributed by atoms with van der Waals surface area (Å²) < 4.78 is 23.9. The highest BCUT2D eigenvalue weighted by Crippen LogP contribution is 2.25. The maximum absolute atomic E-state index is 13.2. The number of nitrogens with zero attached hydrogens (tertiary/aromatic N) is 2. The molecule has 0 saturated heterocycles. The maximum atomic E-state index is 13.2. The molecule has 1 amide bonds. The number of likely N-dealkylation sites (N-methyl/N-ethyl adjacent to an activating group) is 1. The zero-order valence-corrected chi connectivity index (χ0v) is 16.9. The number of carbonyl (C=O) groups excluding carboxylic acids is 1. The molecule has 0 bridgehead atoms. The molecule has 1 aliphatic rings. The summed E-state index contributed by atoms with van der Waals surface area (Å²) in [6, 6.07) is 22.9. The van der Waals surface area contributed by atoms with E-state index in [4.69, 9.17) is 0 Å². The lowest BCUT2D eigenvalue weighted by Gasteiger charge is -2.30. The molecule has 0 aromatic heterocycles. The van der Waals surface area contributed by atoms with E-state index in [2.05, 4.69) is 6.07 Å². The van der Waals surface area contributed by atoms with Gasteiger partial charge in [-0.05, 0) is 41.1 Å². The number of carbonyl (C=O) groups is 1. The molecule has 148 valence electrons. The van der Waals surface area contributed by atoms with Crippen LogP contribution in [0.25, 0.3) is 10.8 Å². The molecule has 1 heterocycles. The van der Waals surface area contributed by atoms with Crippen molar-refractivity contribution < 1.29 is 13.2 Å². The van der Waals surface area contributed by atoms with E-state index in [1.54, 1.807) is 11.0 Å². The van der Waals surface area contributed by atoms with E-state index < -0.39 is 15.9 Å². The van der Waals surface area contributed by atoms with Crippen molar-refractivity contribution in [2.24, 2.45) is 0 Å². The number of amides is 1. The van der Waals surface area contributed by atoms with Crippen molar-refractivity contribution in [1.29, 1.82) is 0 Å². The second kappa shape index (κ2) is 7.72. The Hall–Kier alpha value is -3.12. The molecule has 0 unspecified atom stereocenters. The van der Waals surface area contributed by atoms with Gasteiger partial charge >= 0.3 is 0 Å². The number of anilines is 2. The van der Waals surface area contributed by atoms with Gasteiger partial charge in [0.2, 0.25) is 5.91 Å². The van der Waals surface area contributed by atoms with E-state index >= 15 is 0 Å². The van der Waals surface area contributed by atoms with Crippen LogP contribution in [0.4, 0.5) is 11.4 Å². The summed E-state index contributed by atoms with van der Waals surface area (Å²) in [7, 11) is -1.41. The third-order valence-corrected chi connectivity index (χ3v) is 6.47. The van der Waals surface area contributed by atoms with Crippen molar-refractivity contribution >= 4 is 37.9 Å². The maximum Gasteiger partial charge on any atom is 0.247 e. The number of rotatable bonds is 5. The molecule has 0 N–H and O–H groups in total. The van der Waals surface area contributed by atoms with Crippen molar-refractivity contribution in [1.82, 2.24) is 0 Å². The van der Waals surface area contributed by atoms with Gasteiger partial charge in [0, 0.05) is 23.8 Å². The average molecular weight is 407 g/mol. The highest BCUT2D eigenvalue weighted by Gasteiger charge is 2.31. The topological polar surface area (TPSA) is 57.7 Å². The van der Waals surface area contributed by atoms with E-state index in [-0.39, 0.29) is 18.2 Å². The van der Waals surface area contributed by atoms with Crippen LogP contribution in [0.1, 0.15) is 0 Å². The van der Waals surface area contributed by atoms with Crippen LogP contribution in [0.2, 0.25) is 0 Å². The first-order chi connectivity index (χ1) is 13.9. The van der Waals surface area contributed by atoms with Gasteiger partial charge in [-0.15, -0.1) is 0 Å². The van der Waals surface area contributed by atoms with Gasteiger partial charge in [0.1, 0.15) is 0 Å². The molecule has 3 aromatic carbocycles. The number of benzene rings is 3. The van der Waals surface area contributed by atoms with Crippen LogP contribution >= 0.6 is 0 Å². The summed E-state index contributed by atoms with van der Waals surface area (Å²) >= 11 is 0. The number of hydrogen-bond donors (Lipinski definition) is 0. The molecule has 5 nitrogen and oxygen atoms in total. The van der Waals surface area contributed by atoms with Gasteiger partial charge in [0.15, 0.2) is 9.84 Å². The Labute approximate surface area is 170 Å². The molecule has 1 atom stereocenters. The monoisotopic (exact) mass is 406 g/mol. The van der Waals surface area contributed by atoms with Gasteiger partial charge in [0.05, 0.1) is 18.3 Å². The molecule has 0 aliphatic carbocycles. The second-order valence-corrected chi connectivity index (χ2v) is 9.14. The molecule has 0 fully saturated rings. The lowest BCUT2D eigenvalue weighted by molar-refractivity contribution is -0.117. The minimum Gasteiger partial charge on any atom is -0.365 e. The summed E-state index contributed by atoms with van der Waals surface area (Å²) in [6.45, 7) is 0.137. The van der Waals surface area contributed by atoms with Crippen molar-refractivity contribution in [3.8, 4) is 0 Å². The van der Waals surface area contributed by atoms with Crippen LogP contribution in [0.15, 0.2) is 84.3 Å². The zero-order chi connectivity index (χ0) is 20.4. The van der Waals surface area contributed by atoms with E-state index in [0.717, 1.165) is 16.5 Å². The summed E-state index contributed by atoms with van der Waals surface area (Å²) in [4.78, 5) is 16.7. The van der Waals surface area contributed by atoms with Gasteiger partial charge in [-0.2, -0.15) is 0 Å². The quantitative estimate of drug-likeness (QED) is 0.649. The van der Waals surface area contributed by atoms with Crippen LogP contribution < -0.4 is 9.80 Å². The smallest absolute Gasteiger partial charge is 0.247 e. The summed E-state index contributed by atoms with van der Waals surface area (Å²) in [5.41, 5.74) is 1.62. The van der Waals surface area contributed by atoms with Crippen molar-refractivity contribution in [3.05, 3.63) is 84.3 Å². The van der Waals surface area contributed by atoms with E-state index in [9.17, 15) is 13.2 Å². The molecule has 6 heteroatoms. The Morgan fingerprint density at radius 2 is 1.62 bits per heavy atom. The Kier molecular flexibility index (Phi) is 5.11. The predicted molar refractivity (Wildman–Crippen MR) is 118 cm³/mol. The van der Waals surface area contributed by atoms with Gasteiger partial charge < -0.3 is 9.80 Å². The number of para-hydroxylation sites is 1. The van der Waals surface area contributed by atoms with Gasteiger partial charge in [-0.25, -0.2) is 8.42 Å². The SMILES string of the molecule is CN(CC(=O)N(c1ccccc1)[C@@H]1C=CS(=O)(=O)C1)c1ccc2ccccc2c1. The third-order valence-electron chi connectivity index (χ3n) is 5.09. The fourth-order valence-corrected chi connectivity index (χ4v) is 4.88. The second-order valence-electron chi connectivity index (χ2n) is 7.21. The van der Waals surface area contributed by atoms with Crippen LogP contribution in [-0.2, 0) is 14.6 Å². The number of fused-ring (bicyclic) bond motifs is 1. The van der Waals surface area contributed by atoms with Crippen LogP contribution in [0.5, 0.6) is 0 Å². The van der Waals surface area contributed by atoms with Crippen molar-refractivity contribution in [2.45, 2.75) is 6.04 Å². The first-order valence-electron chi connectivity index (χ1n) is 9.41. The molecule has 4 rings (SSSR count). The Balaban J connectivity index is 1.59. The lowest BCUT2D eigenvalue weighted by Crippen LogP contribution is -2.45. The largest absolute Gasteiger partial charge is 0.365 e. The van der Waals surface area contributed by atoms with E-state index in [1.807, 2.05) is 78.7 Å². The number of hydrogen-bond acceptors (Lipinski definition) is 4. The molecule has 3 aromatic rings. The first kappa shape index (κ1) is 19.2. The van der Waals surface area contributed by atoms with Crippen LogP contribution in [-0.4, -0.2) is 39.7 Å².